The number of piperidine rings is 1. The van der Waals surface area contributed by atoms with Crippen molar-refractivity contribution in [1.29, 1.82) is 0 Å². The van der Waals surface area contributed by atoms with Gasteiger partial charge in [0, 0.05) is 43.2 Å². The van der Waals surface area contributed by atoms with Crippen molar-refractivity contribution < 1.29 is 14.0 Å². The van der Waals surface area contributed by atoms with Crippen LogP contribution in [0.25, 0.3) is 5.69 Å². The molecule has 154 valence electrons. The molecule has 0 unspecified atom stereocenters. The van der Waals surface area contributed by atoms with Gasteiger partial charge in [-0.05, 0) is 61.7 Å². The lowest BCUT2D eigenvalue weighted by atomic mass is 10.1. The standard InChI is InChI=1S/C23H23FN4O2/c1-16-25-11-13-27(16)21-10-5-17(14-20(21)24)15-26-23(30)18-6-8-19(9-7-18)28-12-3-2-4-22(28)29/h5-11,13-14H,2-4,12,15H2,1H3,(H,26,30). The number of nitrogens with zero attached hydrogens (tertiary/aromatic N) is 3. The van der Waals surface area contributed by atoms with Crippen LogP contribution in [0.1, 0.15) is 41.0 Å². The molecular formula is C23H23FN4O2. The van der Waals surface area contributed by atoms with Crippen LogP contribution in [0, 0.1) is 12.7 Å². The van der Waals surface area contributed by atoms with Gasteiger partial charge < -0.3 is 14.8 Å². The third kappa shape index (κ3) is 4.10. The number of anilines is 1. The number of carbonyl (C=O) groups excluding carboxylic acids is 2. The van der Waals surface area contributed by atoms with Crippen molar-refractivity contribution in [1.82, 2.24) is 14.9 Å². The highest BCUT2D eigenvalue weighted by Gasteiger charge is 2.19. The van der Waals surface area contributed by atoms with Gasteiger partial charge in [-0.2, -0.15) is 0 Å². The van der Waals surface area contributed by atoms with Crippen molar-refractivity contribution in [3.8, 4) is 5.69 Å². The number of nitrogens with one attached hydrogen (secondary N) is 1. The van der Waals surface area contributed by atoms with E-state index in [0.29, 0.717) is 35.6 Å². The molecule has 0 saturated carbocycles. The van der Waals surface area contributed by atoms with E-state index >= 15 is 0 Å². The van der Waals surface area contributed by atoms with E-state index in [1.165, 1.54) is 6.07 Å². The highest BCUT2D eigenvalue weighted by atomic mass is 19.1. The van der Waals surface area contributed by atoms with Gasteiger partial charge in [0.2, 0.25) is 5.91 Å². The van der Waals surface area contributed by atoms with E-state index in [-0.39, 0.29) is 24.2 Å². The Balaban J connectivity index is 1.39. The molecule has 3 aromatic rings. The first-order chi connectivity index (χ1) is 14.5. The second-order valence-corrected chi connectivity index (χ2v) is 7.36. The molecule has 1 aliphatic heterocycles. The van der Waals surface area contributed by atoms with Crippen LogP contribution in [-0.4, -0.2) is 27.9 Å². The van der Waals surface area contributed by atoms with Crippen molar-refractivity contribution in [2.45, 2.75) is 32.7 Å². The van der Waals surface area contributed by atoms with E-state index in [1.807, 2.05) is 0 Å². The molecule has 4 rings (SSSR count). The van der Waals surface area contributed by atoms with Crippen LogP contribution in [0.2, 0.25) is 0 Å². The smallest absolute Gasteiger partial charge is 0.251 e. The summed E-state index contributed by atoms with van der Waals surface area (Å²) in [4.78, 5) is 30.4. The van der Waals surface area contributed by atoms with Crippen molar-refractivity contribution in [2.75, 3.05) is 11.4 Å². The largest absolute Gasteiger partial charge is 0.348 e. The number of aromatic nitrogens is 2. The molecule has 0 spiro atoms. The van der Waals surface area contributed by atoms with Gasteiger partial charge in [-0.25, -0.2) is 9.37 Å². The van der Waals surface area contributed by atoms with Gasteiger partial charge in [0.05, 0.1) is 5.69 Å². The molecule has 0 aliphatic carbocycles. The topological polar surface area (TPSA) is 67.2 Å². The van der Waals surface area contributed by atoms with Gasteiger partial charge in [0.15, 0.2) is 0 Å². The predicted molar refractivity (Wildman–Crippen MR) is 112 cm³/mol. The Hall–Kier alpha value is -3.48. The van der Waals surface area contributed by atoms with Crippen LogP contribution >= 0.6 is 0 Å². The molecule has 1 fully saturated rings. The van der Waals surface area contributed by atoms with Gasteiger partial charge in [-0.3, -0.25) is 9.59 Å². The van der Waals surface area contributed by atoms with Crippen molar-refractivity contribution in [3.63, 3.8) is 0 Å². The minimum atomic E-state index is -0.376. The van der Waals surface area contributed by atoms with Gasteiger partial charge in [0.1, 0.15) is 11.6 Å². The first-order valence-corrected chi connectivity index (χ1v) is 10.0. The lowest BCUT2D eigenvalue weighted by Crippen LogP contribution is -2.35. The van der Waals surface area contributed by atoms with Crippen LogP contribution in [0.3, 0.4) is 0 Å². The van der Waals surface area contributed by atoms with Crippen LogP contribution in [-0.2, 0) is 11.3 Å². The molecule has 30 heavy (non-hydrogen) atoms. The Morgan fingerprint density at radius 2 is 1.97 bits per heavy atom. The lowest BCUT2D eigenvalue weighted by molar-refractivity contribution is -0.119. The molecular weight excluding hydrogens is 383 g/mol. The molecule has 2 aromatic carbocycles. The normalized spacial score (nSPS) is 14.1. The molecule has 2 heterocycles. The summed E-state index contributed by atoms with van der Waals surface area (Å²) in [5.41, 5.74) is 2.39. The van der Waals surface area contributed by atoms with E-state index < -0.39 is 0 Å². The van der Waals surface area contributed by atoms with E-state index in [1.54, 1.807) is 65.2 Å². The summed E-state index contributed by atoms with van der Waals surface area (Å²) < 4.78 is 16.2. The Kier molecular flexibility index (Phi) is 5.61. The Morgan fingerprint density at radius 1 is 1.17 bits per heavy atom. The lowest BCUT2D eigenvalue weighted by Gasteiger charge is -2.26. The van der Waals surface area contributed by atoms with E-state index in [2.05, 4.69) is 10.3 Å². The average Bonchev–Trinajstić information content (AvgIpc) is 3.18. The Morgan fingerprint density at radius 3 is 2.63 bits per heavy atom. The zero-order valence-electron chi connectivity index (χ0n) is 16.8. The summed E-state index contributed by atoms with van der Waals surface area (Å²) in [6, 6.07) is 11.9. The minimum Gasteiger partial charge on any atom is -0.348 e. The number of aryl methyl sites for hydroxylation is 1. The van der Waals surface area contributed by atoms with E-state index in [4.69, 9.17) is 0 Å². The first kappa shape index (κ1) is 19.8. The fourth-order valence-electron chi connectivity index (χ4n) is 3.64. The van der Waals surface area contributed by atoms with Crippen molar-refractivity contribution in [2.24, 2.45) is 0 Å². The maximum Gasteiger partial charge on any atom is 0.251 e. The van der Waals surface area contributed by atoms with Crippen molar-refractivity contribution >= 4 is 17.5 Å². The molecule has 7 heteroatoms. The minimum absolute atomic E-state index is 0.120. The number of imidazole rings is 1. The monoisotopic (exact) mass is 406 g/mol. The van der Waals surface area contributed by atoms with Gasteiger partial charge in [-0.1, -0.05) is 6.07 Å². The number of rotatable bonds is 5. The molecule has 1 N–H and O–H groups in total. The molecule has 1 aromatic heterocycles. The molecule has 6 nitrogen and oxygen atoms in total. The summed E-state index contributed by atoms with van der Waals surface area (Å²) in [6.45, 7) is 2.73. The maximum atomic E-state index is 14.5. The summed E-state index contributed by atoms with van der Waals surface area (Å²) in [5.74, 6) is 0.194. The van der Waals surface area contributed by atoms with Gasteiger partial charge in [0.25, 0.3) is 5.91 Å². The highest BCUT2D eigenvalue weighted by Crippen LogP contribution is 2.21. The third-order valence-corrected chi connectivity index (χ3v) is 5.32. The Bertz CT molecular complexity index is 1080. The van der Waals surface area contributed by atoms with Crippen LogP contribution in [0.5, 0.6) is 0 Å². The second kappa shape index (κ2) is 8.49. The number of halogens is 1. The summed E-state index contributed by atoms with van der Waals surface area (Å²) in [7, 11) is 0. The van der Waals surface area contributed by atoms with Crippen molar-refractivity contribution in [3.05, 3.63) is 77.6 Å². The van der Waals surface area contributed by atoms with Crippen LogP contribution in [0.4, 0.5) is 10.1 Å². The SMILES string of the molecule is Cc1nccn1-c1ccc(CNC(=O)c2ccc(N3CCCCC3=O)cc2)cc1F. The average molecular weight is 406 g/mol. The third-order valence-electron chi connectivity index (χ3n) is 5.32. The highest BCUT2D eigenvalue weighted by molar-refractivity contribution is 5.96. The first-order valence-electron chi connectivity index (χ1n) is 10.0. The molecule has 0 radical (unpaired) electrons. The molecule has 0 atom stereocenters. The number of amides is 2. The maximum absolute atomic E-state index is 14.5. The number of hydrogen-bond acceptors (Lipinski definition) is 3. The summed E-state index contributed by atoms with van der Waals surface area (Å²) >= 11 is 0. The second-order valence-electron chi connectivity index (χ2n) is 7.36. The van der Waals surface area contributed by atoms with Crippen LogP contribution in [0.15, 0.2) is 54.9 Å². The summed E-state index contributed by atoms with van der Waals surface area (Å²) in [5, 5.41) is 2.81. The zero-order chi connectivity index (χ0) is 21.1. The zero-order valence-corrected chi connectivity index (χ0v) is 16.8. The predicted octanol–water partition coefficient (Wildman–Crippen LogP) is 3.77. The van der Waals surface area contributed by atoms with Gasteiger partial charge >= 0.3 is 0 Å². The quantitative estimate of drug-likeness (QED) is 0.701. The fraction of sp³-hybridized carbons (Fsp3) is 0.261. The summed E-state index contributed by atoms with van der Waals surface area (Å²) in [6.07, 6.45) is 5.81. The van der Waals surface area contributed by atoms with Gasteiger partial charge in [-0.15, -0.1) is 0 Å². The molecule has 1 aliphatic rings. The number of benzene rings is 2. The molecule has 1 saturated heterocycles. The number of carbonyl (C=O) groups is 2. The van der Waals surface area contributed by atoms with Crippen LogP contribution < -0.4 is 10.2 Å². The van der Waals surface area contributed by atoms with E-state index in [9.17, 15) is 14.0 Å². The molecule has 2 amide bonds. The fourth-order valence-corrected chi connectivity index (χ4v) is 3.64. The molecule has 0 bridgehead atoms. The van der Waals surface area contributed by atoms with E-state index in [0.717, 1.165) is 18.5 Å². The number of hydrogen-bond donors (Lipinski definition) is 1. The Labute approximate surface area is 174 Å².